The summed E-state index contributed by atoms with van der Waals surface area (Å²) in [5.74, 6) is 1.68. The summed E-state index contributed by atoms with van der Waals surface area (Å²) in [6.45, 7) is 2.65. The zero-order valence-corrected chi connectivity index (χ0v) is 25.3. The molecule has 5 rings (SSSR count). The van der Waals surface area contributed by atoms with Crippen LogP contribution in [0.1, 0.15) is 36.3 Å². The van der Waals surface area contributed by atoms with Gasteiger partial charge in [0.2, 0.25) is 0 Å². The largest absolute Gasteiger partial charge is 0.385 e. The lowest BCUT2D eigenvalue weighted by Crippen LogP contribution is -2.40. The number of nitrogens with one attached hydrogen (secondary N) is 2. The van der Waals surface area contributed by atoms with Gasteiger partial charge in [-0.3, -0.25) is 5.32 Å². The van der Waals surface area contributed by atoms with E-state index in [4.69, 9.17) is 9.84 Å². The number of pyridine rings is 1. The number of rotatable bonds is 9. The molecule has 1 fully saturated rings. The Labute approximate surface area is 247 Å². The summed E-state index contributed by atoms with van der Waals surface area (Å²) >= 11 is 0. The van der Waals surface area contributed by atoms with Crippen LogP contribution < -0.4 is 10.6 Å². The SMILES string of the molecule is COCC[C@@H]1C[C@@H](NC(=O)Nc2c(C)c(-c3ccc(N=S(C)(C)=O)nc3)nn2-c2ccccc2)[C@H](c2ccccc2)C1. The molecule has 0 aliphatic heterocycles. The summed E-state index contributed by atoms with van der Waals surface area (Å²) in [4.78, 5) is 18.0. The van der Waals surface area contributed by atoms with Crippen LogP contribution in [-0.4, -0.2) is 57.3 Å². The van der Waals surface area contributed by atoms with Crippen molar-refractivity contribution < 1.29 is 13.7 Å². The van der Waals surface area contributed by atoms with Crippen LogP contribution >= 0.6 is 0 Å². The summed E-state index contributed by atoms with van der Waals surface area (Å²) in [6, 6.07) is 23.4. The van der Waals surface area contributed by atoms with Crippen molar-refractivity contribution in [3.8, 4) is 16.9 Å². The predicted molar refractivity (Wildman–Crippen MR) is 168 cm³/mol. The maximum Gasteiger partial charge on any atom is 0.320 e. The number of ether oxygens (including phenoxy) is 1. The minimum absolute atomic E-state index is 0.00461. The first-order chi connectivity index (χ1) is 20.2. The molecule has 42 heavy (non-hydrogen) atoms. The molecular weight excluding hydrogens is 548 g/mol. The van der Waals surface area contributed by atoms with Gasteiger partial charge in [-0.15, -0.1) is 0 Å². The van der Waals surface area contributed by atoms with Gasteiger partial charge in [-0.25, -0.2) is 18.7 Å². The van der Waals surface area contributed by atoms with Crippen LogP contribution in [0.3, 0.4) is 0 Å². The maximum absolute atomic E-state index is 13.6. The Morgan fingerprint density at radius 1 is 1.05 bits per heavy atom. The molecule has 1 aliphatic carbocycles. The van der Waals surface area contributed by atoms with Crippen molar-refractivity contribution in [1.82, 2.24) is 20.1 Å². The van der Waals surface area contributed by atoms with E-state index in [1.807, 2.05) is 49.4 Å². The van der Waals surface area contributed by atoms with E-state index in [2.05, 4.69) is 44.2 Å². The number of aromatic nitrogens is 3. The van der Waals surface area contributed by atoms with E-state index in [9.17, 15) is 9.00 Å². The highest BCUT2D eigenvalue weighted by molar-refractivity contribution is 7.92. The molecule has 2 aromatic heterocycles. The van der Waals surface area contributed by atoms with Gasteiger partial charge in [-0.2, -0.15) is 9.46 Å². The molecule has 2 aromatic carbocycles. The highest BCUT2D eigenvalue weighted by Crippen LogP contribution is 2.40. The van der Waals surface area contributed by atoms with E-state index in [0.717, 1.165) is 36.1 Å². The first-order valence-electron chi connectivity index (χ1n) is 14.1. The van der Waals surface area contributed by atoms with Gasteiger partial charge in [0.15, 0.2) is 5.82 Å². The number of hydrogen-bond acceptors (Lipinski definition) is 6. The second-order valence-corrected chi connectivity index (χ2v) is 13.6. The molecule has 0 saturated heterocycles. The normalized spacial score (nSPS) is 18.5. The molecule has 2 amide bonds. The van der Waals surface area contributed by atoms with Crippen molar-refractivity contribution in [2.24, 2.45) is 10.3 Å². The smallest absolute Gasteiger partial charge is 0.320 e. The molecule has 10 heteroatoms. The number of carbonyl (C=O) groups excluding carboxylic acids is 1. The summed E-state index contributed by atoms with van der Waals surface area (Å²) in [5, 5.41) is 11.3. The van der Waals surface area contributed by atoms with E-state index < -0.39 is 9.73 Å². The third-order valence-corrected chi connectivity index (χ3v) is 8.25. The van der Waals surface area contributed by atoms with Gasteiger partial charge in [-0.05, 0) is 61.9 Å². The van der Waals surface area contributed by atoms with Gasteiger partial charge in [-0.1, -0.05) is 48.5 Å². The fourth-order valence-electron chi connectivity index (χ4n) is 5.68. The van der Waals surface area contributed by atoms with Crippen molar-refractivity contribution in [2.45, 2.75) is 38.1 Å². The van der Waals surface area contributed by atoms with Gasteiger partial charge in [0.1, 0.15) is 5.82 Å². The van der Waals surface area contributed by atoms with Crippen LogP contribution in [0.2, 0.25) is 0 Å². The first kappa shape index (κ1) is 29.5. The number of amides is 2. The Hall–Kier alpha value is -4.02. The number of hydrogen-bond donors (Lipinski definition) is 2. The number of benzene rings is 2. The summed E-state index contributed by atoms with van der Waals surface area (Å²) < 4.78 is 23.4. The summed E-state index contributed by atoms with van der Waals surface area (Å²) in [5.41, 5.74) is 4.31. The van der Waals surface area contributed by atoms with Gasteiger partial charge < -0.3 is 10.1 Å². The Morgan fingerprint density at radius 2 is 1.76 bits per heavy atom. The number of methoxy groups -OCH3 is 1. The molecule has 0 bridgehead atoms. The predicted octanol–water partition coefficient (Wildman–Crippen LogP) is 6.32. The molecule has 1 aliphatic rings. The monoisotopic (exact) mass is 586 g/mol. The molecule has 1 saturated carbocycles. The zero-order chi connectivity index (χ0) is 29.7. The van der Waals surface area contributed by atoms with E-state index in [1.54, 1.807) is 36.6 Å². The lowest BCUT2D eigenvalue weighted by Gasteiger charge is -2.22. The average Bonchev–Trinajstić information content (AvgIpc) is 3.53. The molecule has 0 radical (unpaired) electrons. The van der Waals surface area contributed by atoms with Crippen molar-refractivity contribution in [3.05, 3.63) is 90.1 Å². The van der Waals surface area contributed by atoms with Crippen LogP contribution in [0.4, 0.5) is 16.4 Å². The number of para-hydroxylation sites is 1. The Kier molecular flexibility index (Phi) is 9.03. The van der Waals surface area contributed by atoms with Crippen LogP contribution in [0.5, 0.6) is 0 Å². The molecule has 0 unspecified atom stereocenters. The number of anilines is 1. The molecule has 0 spiro atoms. The lowest BCUT2D eigenvalue weighted by molar-refractivity contribution is 0.177. The first-order valence-corrected chi connectivity index (χ1v) is 16.4. The van der Waals surface area contributed by atoms with Gasteiger partial charge in [0.05, 0.1) is 11.4 Å². The number of urea groups is 1. The van der Waals surface area contributed by atoms with E-state index in [0.29, 0.717) is 29.9 Å². The van der Waals surface area contributed by atoms with Crippen LogP contribution in [0.15, 0.2) is 83.4 Å². The van der Waals surface area contributed by atoms with E-state index >= 15 is 0 Å². The van der Waals surface area contributed by atoms with Gasteiger partial charge in [0, 0.05) is 65.2 Å². The third kappa shape index (κ3) is 7.06. The standard InChI is InChI=1S/C32H38N6O3S/c1-22-30(25-15-16-29(33-21-25)37-42(3,4)40)36-38(26-13-9-6-10-14-26)31(22)35-32(39)34-28-20-23(17-18-41-2)19-27(28)24-11-7-5-8-12-24/h5-16,21,23,27-28H,17-20H2,1-4H3,(H2,34,35,39)/t23-,27-,28+/m0/s1. The van der Waals surface area contributed by atoms with Crippen molar-refractivity contribution in [3.63, 3.8) is 0 Å². The van der Waals surface area contributed by atoms with E-state index in [1.165, 1.54) is 5.56 Å². The van der Waals surface area contributed by atoms with Crippen molar-refractivity contribution >= 4 is 27.4 Å². The minimum Gasteiger partial charge on any atom is -0.385 e. The summed E-state index contributed by atoms with van der Waals surface area (Å²) in [7, 11) is -0.594. The van der Waals surface area contributed by atoms with Gasteiger partial charge >= 0.3 is 6.03 Å². The Morgan fingerprint density at radius 3 is 2.40 bits per heavy atom. The second kappa shape index (κ2) is 12.9. The zero-order valence-electron chi connectivity index (χ0n) is 24.5. The fraction of sp³-hybridized carbons (Fsp3) is 0.344. The maximum atomic E-state index is 13.6. The Bertz CT molecular complexity index is 1620. The van der Waals surface area contributed by atoms with E-state index in [-0.39, 0.29) is 18.0 Å². The number of carbonyl (C=O) groups is 1. The highest BCUT2D eigenvalue weighted by atomic mass is 32.2. The minimum atomic E-state index is -2.32. The molecule has 9 nitrogen and oxygen atoms in total. The third-order valence-electron chi connectivity index (χ3n) is 7.62. The van der Waals surface area contributed by atoms with Crippen LogP contribution in [0, 0.1) is 12.8 Å². The molecular formula is C32H38N6O3S. The lowest BCUT2D eigenvalue weighted by atomic mass is 9.93. The Balaban J connectivity index is 1.42. The molecule has 4 aromatic rings. The van der Waals surface area contributed by atoms with Crippen LogP contribution in [0.25, 0.3) is 16.9 Å². The molecule has 2 heterocycles. The fourth-order valence-corrected chi connectivity index (χ4v) is 6.24. The summed E-state index contributed by atoms with van der Waals surface area (Å²) in [6.07, 6.45) is 7.68. The van der Waals surface area contributed by atoms with Crippen LogP contribution in [-0.2, 0) is 14.5 Å². The quantitative estimate of drug-likeness (QED) is 0.238. The highest BCUT2D eigenvalue weighted by Gasteiger charge is 2.36. The molecule has 220 valence electrons. The number of nitrogens with zero attached hydrogens (tertiary/aromatic N) is 4. The second-order valence-electron chi connectivity index (χ2n) is 11.1. The average molecular weight is 587 g/mol. The molecule has 2 N–H and O–H groups in total. The topological polar surface area (TPSA) is 110 Å². The molecule has 3 atom stereocenters. The van der Waals surface area contributed by atoms with Gasteiger partial charge in [0.25, 0.3) is 0 Å². The van der Waals surface area contributed by atoms with Crippen molar-refractivity contribution in [1.29, 1.82) is 0 Å². The van der Waals surface area contributed by atoms with Crippen molar-refractivity contribution in [2.75, 3.05) is 31.5 Å².